The Kier molecular flexibility index (Phi) is 3.95. The molecule has 2 amide bonds. The maximum Gasteiger partial charge on any atom is 0.308 e. The van der Waals surface area contributed by atoms with Crippen LogP contribution < -0.4 is 0 Å². The van der Waals surface area contributed by atoms with Crippen molar-refractivity contribution in [3.05, 3.63) is 12.2 Å². The van der Waals surface area contributed by atoms with Crippen LogP contribution in [0.2, 0.25) is 0 Å². The molecular weight excluding hydrogens is 248 g/mol. The second-order valence-corrected chi connectivity index (χ2v) is 4.55. The summed E-state index contributed by atoms with van der Waals surface area (Å²) in [4.78, 5) is 36.5. The quantitative estimate of drug-likeness (QED) is 0.415. The molecule has 0 aromatic heterocycles. The summed E-state index contributed by atoms with van der Waals surface area (Å²) in [5.41, 5.74) is 0. The fourth-order valence-electron chi connectivity index (χ4n) is 2.48. The molecule has 0 bridgehead atoms. The minimum absolute atomic E-state index is 0.0366. The smallest absolute Gasteiger partial charge is 0.308 e. The molecule has 6 heteroatoms. The summed E-state index contributed by atoms with van der Waals surface area (Å²) in [6.07, 6.45) is 4.94. The highest BCUT2D eigenvalue weighted by atomic mass is 16.5. The first-order valence-electron chi connectivity index (χ1n) is 6.18. The summed E-state index contributed by atoms with van der Waals surface area (Å²) in [5.74, 6) is -1.52. The Labute approximate surface area is 110 Å². The fourth-order valence-corrected chi connectivity index (χ4v) is 2.48. The molecule has 100 valence electrons. The third-order valence-corrected chi connectivity index (χ3v) is 3.44. The molecule has 0 saturated carbocycles. The normalized spacial score (nSPS) is 25.1. The predicted octanol–water partition coefficient (Wildman–Crippen LogP) is 0.394. The standard InChI is InChI=1S/C13H14N2O4/c14-6-8-19-11(16)5-7-15-12(17)9-3-1-2-4-10(9)13(15)18/h1-2,9-10H,3-5,7-8H2/t9-,10+. The molecule has 2 atom stereocenters. The monoisotopic (exact) mass is 262 g/mol. The lowest BCUT2D eigenvalue weighted by atomic mass is 9.85. The number of nitriles is 1. The molecule has 19 heavy (non-hydrogen) atoms. The Balaban J connectivity index is 1.91. The number of carbonyl (C=O) groups excluding carboxylic acids is 3. The third-order valence-electron chi connectivity index (χ3n) is 3.44. The second kappa shape index (κ2) is 5.65. The van der Waals surface area contributed by atoms with Crippen LogP contribution in [-0.2, 0) is 19.1 Å². The van der Waals surface area contributed by atoms with Crippen LogP contribution in [0.1, 0.15) is 19.3 Å². The first kappa shape index (κ1) is 13.3. The van der Waals surface area contributed by atoms with E-state index in [0.29, 0.717) is 12.8 Å². The highest BCUT2D eigenvalue weighted by Gasteiger charge is 2.46. The summed E-state index contributed by atoms with van der Waals surface area (Å²) in [6, 6.07) is 1.69. The second-order valence-electron chi connectivity index (χ2n) is 4.55. The molecule has 6 nitrogen and oxygen atoms in total. The SMILES string of the molecule is N#CCOC(=O)CCN1C(=O)[C@H]2CC=CC[C@H]2C1=O. The van der Waals surface area contributed by atoms with Gasteiger partial charge in [0, 0.05) is 6.54 Å². The number of fused-ring (bicyclic) bond motifs is 1. The molecule has 0 N–H and O–H groups in total. The lowest BCUT2D eigenvalue weighted by Crippen LogP contribution is -2.33. The molecule has 2 rings (SSSR count). The van der Waals surface area contributed by atoms with Gasteiger partial charge < -0.3 is 4.74 Å². The number of carbonyl (C=O) groups is 3. The van der Waals surface area contributed by atoms with Gasteiger partial charge in [0.1, 0.15) is 6.07 Å². The Morgan fingerprint density at radius 3 is 2.42 bits per heavy atom. The molecule has 1 aliphatic heterocycles. The summed E-state index contributed by atoms with van der Waals surface area (Å²) in [7, 11) is 0. The molecule has 1 aliphatic carbocycles. The Bertz CT molecular complexity index is 452. The number of amides is 2. The van der Waals surface area contributed by atoms with Crippen LogP contribution in [-0.4, -0.2) is 35.8 Å². The summed E-state index contributed by atoms with van der Waals surface area (Å²) in [5, 5.41) is 8.27. The van der Waals surface area contributed by atoms with E-state index in [1.165, 1.54) is 0 Å². The van der Waals surface area contributed by atoms with Crippen molar-refractivity contribution in [2.75, 3.05) is 13.2 Å². The molecular formula is C13H14N2O4. The highest BCUT2D eigenvalue weighted by molar-refractivity contribution is 6.05. The lowest BCUT2D eigenvalue weighted by molar-refractivity contribution is -0.144. The van der Waals surface area contributed by atoms with Crippen molar-refractivity contribution in [3.8, 4) is 6.07 Å². The van der Waals surface area contributed by atoms with Crippen molar-refractivity contribution < 1.29 is 19.1 Å². The van der Waals surface area contributed by atoms with Crippen molar-refractivity contribution in [1.82, 2.24) is 4.90 Å². The maximum atomic E-state index is 12.0. The third kappa shape index (κ3) is 2.65. The number of hydrogen-bond donors (Lipinski definition) is 0. The molecule has 0 radical (unpaired) electrons. The van der Waals surface area contributed by atoms with Crippen molar-refractivity contribution in [2.24, 2.45) is 11.8 Å². The van der Waals surface area contributed by atoms with Gasteiger partial charge in [-0.3, -0.25) is 19.3 Å². The first-order chi connectivity index (χ1) is 9.15. The Morgan fingerprint density at radius 2 is 1.89 bits per heavy atom. The zero-order chi connectivity index (χ0) is 13.8. The molecule has 1 heterocycles. The number of allylic oxidation sites excluding steroid dienone is 2. The van der Waals surface area contributed by atoms with Gasteiger partial charge in [0.15, 0.2) is 6.61 Å². The van der Waals surface area contributed by atoms with Gasteiger partial charge >= 0.3 is 5.97 Å². The van der Waals surface area contributed by atoms with Gasteiger partial charge in [0.2, 0.25) is 11.8 Å². The average molecular weight is 262 g/mol. The van der Waals surface area contributed by atoms with Crippen LogP contribution in [0.15, 0.2) is 12.2 Å². The zero-order valence-electron chi connectivity index (χ0n) is 10.4. The zero-order valence-corrected chi connectivity index (χ0v) is 10.4. The number of rotatable bonds is 4. The van der Waals surface area contributed by atoms with Gasteiger partial charge in [-0.25, -0.2) is 0 Å². The van der Waals surface area contributed by atoms with Crippen molar-refractivity contribution in [1.29, 1.82) is 5.26 Å². The molecule has 0 unspecified atom stereocenters. The molecule has 2 aliphatic rings. The van der Waals surface area contributed by atoms with Gasteiger partial charge in [-0.05, 0) is 12.8 Å². The van der Waals surface area contributed by atoms with Gasteiger partial charge in [-0.2, -0.15) is 5.26 Å². The van der Waals surface area contributed by atoms with E-state index in [0.717, 1.165) is 4.90 Å². The lowest BCUT2D eigenvalue weighted by Gasteiger charge is -2.14. The number of esters is 1. The first-order valence-corrected chi connectivity index (χ1v) is 6.18. The molecule has 1 fully saturated rings. The van der Waals surface area contributed by atoms with E-state index in [9.17, 15) is 14.4 Å². The van der Waals surface area contributed by atoms with Crippen LogP contribution in [0.25, 0.3) is 0 Å². The van der Waals surface area contributed by atoms with Crippen LogP contribution >= 0.6 is 0 Å². The average Bonchev–Trinajstić information content (AvgIpc) is 2.67. The minimum atomic E-state index is -0.574. The number of hydrogen-bond acceptors (Lipinski definition) is 5. The molecule has 1 saturated heterocycles. The summed E-state index contributed by atoms with van der Waals surface area (Å²) < 4.78 is 4.58. The van der Waals surface area contributed by atoms with E-state index in [1.54, 1.807) is 6.07 Å². The summed E-state index contributed by atoms with van der Waals surface area (Å²) >= 11 is 0. The molecule has 0 aromatic carbocycles. The number of nitrogens with zero attached hydrogens (tertiary/aromatic N) is 2. The van der Waals surface area contributed by atoms with Crippen molar-refractivity contribution in [2.45, 2.75) is 19.3 Å². The highest BCUT2D eigenvalue weighted by Crippen LogP contribution is 2.34. The van der Waals surface area contributed by atoms with Gasteiger partial charge in [-0.15, -0.1) is 0 Å². The van der Waals surface area contributed by atoms with Crippen molar-refractivity contribution in [3.63, 3.8) is 0 Å². The van der Waals surface area contributed by atoms with E-state index in [-0.39, 0.29) is 43.2 Å². The van der Waals surface area contributed by atoms with E-state index < -0.39 is 5.97 Å². The molecule has 0 spiro atoms. The van der Waals surface area contributed by atoms with Crippen LogP contribution in [0.4, 0.5) is 0 Å². The van der Waals surface area contributed by atoms with E-state index in [1.807, 2.05) is 12.2 Å². The van der Waals surface area contributed by atoms with E-state index >= 15 is 0 Å². The minimum Gasteiger partial charge on any atom is -0.450 e. The maximum absolute atomic E-state index is 12.0. The van der Waals surface area contributed by atoms with Gasteiger partial charge in [0.25, 0.3) is 0 Å². The van der Waals surface area contributed by atoms with Crippen molar-refractivity contribution >= 4 is 17.8 Å². The topological polar surface area (TPSA) is 87.5 Å². The summed E-state index contributed by atoms with van der Waals surface area (Å²) in [6.45, 7) is -0.273. The van der Waals surface area contributed by atoms with Crippen LogP contribution in [0.3, 0.4) is 0 Å². The Morgan fingerprint density at radius 1 is 1.32 bits per heavy atom. The largest absolute Gasteiger partial charge is 0.450 e. The fraction of sp³-hybridized carbons (Fsp3) is 0.538. The number of likely N-dealkylation sites (tertiary alicyclic amines) is 1. The van der Waals surface area contributed by atoms with Crippen LogP contribution in [0, 0.1) is 23.2 Å². The van der Waals surface area contributed by atoms with Gasteiger partial charge in [-0.1, -0.05) is 12.2 Å². The van der Waals surface area contributed by atoms with Gasteiger partial charge in [0.05, 0.1) is 18.3 Å². The molecule has 0 aromatic rings. The van der Waals surface area contributed by atoms with Crippen LogP contribution in [0.5, 0.6) is 0 Å². The number of imide groups is 1. The predicted molar refractivity (Wildman–Crippen MR) is 63.3 cm³/mol. The van der Waals surface area contributed by atoms with E-state index in [2.05, 4.69) is 4.74 Å². The number of ether oxygens (including phenoxy) is 1. The van der Waals surface area contributed by atoms with E-state index in [4.69, 9.17) is 5.26 Å². The Hall–Kier alpha value is -2.16.